The van der Waals surface area contributed by atoms with Crippen molar-refractivity contribution in [3.8, 4) is 0 Å². The number of hydrogen-bond donors (Lipinski definition) is 2. The van der Waals surface area contributed by atoms with Gasteiger partial charge >= 0.3 is 0 Å². The number of nitrogens with zero attached hydrogens (tertiary/aromatic N) is 3. The maximum Gasteiger partial charge on any atom is 0.222 e. The van der Waals surface area contributed by atoms with Crippen molar-refractivity contribution >= 4 is 11.9 Å². The molecule has 0 aromatic heterocycles. The van der Waals surface area contributed by atoms with E-state index in [0.29, 0.717) is 6.42 Å². The average Bonchev–Trinajstić information content (AvgIpc) is 3.23. The van der Waals surface area contributed by atoms with Crippen LogP contribution in [0.5, 0.6) is 0 Å². The quantitative estimate of drug-likeness (QED) is 0.559. The van der Waals surface area contributed by atoms with Crippen LogP contribution in [-0.4, -0.2) is 80.7 Å². The normalized spacial score (nSPS) is 21.8. The van der Waals surface area contributed by atoms with Gasteiger partial charge in [0.1, 0.15) is 0 Å². The molecule has 7 heteroatoms. The largest absolute Gasteiger partial charge is 0.379 e. The van der Waals surface area contributed by atoms with Crippen LogP contribution in [-0.2, 0) is 9.53 Å². The van der Waals surface area contributed by atoms with Gasteiger partial charge in [0.15, 0.2) is 5.96 Å². The third-order valence-electron chi connectivity index (χ3n) is 5.82. The Hall–Kier alpha value is -2.12. The van der Waals surface area contributed by atoms with E-state index in [0.717, 1.165) is 58.3 Å². The second-order valence-corrected chi connectivity index (χ2v) is 7.85. The Labute approximate surface area is 174 Å². The molecule has 7 nitrogen and oxygen atoms in total. The van der Waals surface area contributed by atoms with Gasteiger partial charge in [0.25, 0.3) is 0 Å². The number of hydrogen-bond acceptors (Lipinski definition) is 4. The zero-order valence-electron chi connectivity index (χ0n) is 18.0. The summed E-state index contributed by atoms with van der Waals surface area (Å²) in [4.78, 5) is 20.8. The first-order valence-electron chi connectivity index (χ1n) is 10.7. The summed E-state index contributed by atoms with van der Waals surface area (Å²) in [6, 6.07) is 9.30. The standard InChI is InChI=1S/C22H35N5O2/c1-4-21(28)27-10-9-19(16-27)25-22(23-3)24-15-20(26-11-13-29-14-12-26)18-7-5-17(2)6-8-18/h5-8,19-20H,4,9-16H2,1-3H3,(H2,23,24,25). The smallest absolute Gasteiger partial charge is 0.222 e. The molecule has 0 aliphatic carbocycles. The summed E-state index contributed by atoms with van der Waals surface area (Å²) in [6.07, 6.45) is 1.52. The maximum atomic E-state index is 11.9. The van der Waals surface area contributed by atoms with Crippen LogP contribution in [0.1, 0.15) is 36.9 Å². The molecule has 2 atom stereocenters. The summed E-state index contributed by atoms with van der Waals surface area (Å²) in [5, 5.41) is 7.01. The third kappa shape index (κ3) is 5.93. The van der Waals surface area contributed by atoms with Gasteiger partial charge in [0, 0.05) is 52.2 Å². The first-order chi connectivity index (χ1) is 14.1. The summed E-state index contributed by atoms with van der Waals surface area (Å²) >= 11 is 0. The highest BCUT2D eigenvalue weighted by molar-refractivity contribution is 5.80. The second-order valence-electron chi connectivity index (χ2n) is 7.85. The molecule has 2 N–H and O–H groups in total. The van der Waals surface area contributed by atoms with E-state index in [-0.39, 0.29) is 18.0 Å². The summed E-state index contributed by atoms with van der Waals surface area (Å²) in [5.74, 6) is 1.02. The molecule has 0 saturated carbocycles. The molecule has 1 aromatic rings. The predicted octanol–water partition coefficient (Wildman–Crippen LogP) is 1.54. The topological polar surface area (TPSA) is 69.2 Å². The number of aryl methyl sites for hydroxylation is 1. The summed E-state index contributed by atoms with van der Waals surface area (Å²) in [7, 11) is 1.80. The van der Waals surface area contributed by atoms with E-state index in [1.54, 1.807) is 7.05 Å². The molecule has 2 fully saturated rings. The van der Waals surface area contributed by atoms with Crippen LogP contribution < -0.4 is 10.6 Å². The number of benzene rings is 1. The van der Waals surface area contributed by atoms with Crippen LogP contribution in [0.15, 0.2) is 29.3 Å². The number of nitrogens with one attached hydrogen (secondary N) is 2. The average molecular weight is 402 g/mol. The van der Waals surface area contributed by atoms with Gasteiger partial charge in [-0.15, -0.1) is 0 Å². The van der Waals surface area contributed by atoms with Crippen molar-refractivity contribution in [2.45, 2.75) is 38.8 Å². The Morgan fingerprint density at radius 2 is 1.97 bits per heavy atom. The van der Waals surface area contributed by atoms with Gasteiger partial charge in [-0.05, 0) is 18.9 Å². The van der Waals surface area contributed by atoms with Crippen LogP contribution in [0.2, 0.25) is 0 Å². The van der Waals surface area contributed by atoms with Gasteiger partial charge in [0.05, 0.1) is 19.3 Å². The van der Waals surface area contributed by atoms with Gasteiger partial charge in [-0.25, -0.2) is 0 Å². The molecule has 0 bridgehead atoms. The van der Waals surface area contributed by atoms with Crippen LogP contribution in [0, 0.1) is 6.92 Å². The van der Waals surface area contributed by atoms with E-state index >= 15 is 0 Å². The Bertz CT molecular complexity index is 685. The Morgan fingerprint density at radius 3 is 2.62 bits per heavy atom. The predicted molar refractivity (Wildman–Crippen MR) is 116 cm³/mol. The lowest BCUT2D eigenvalue weighted by Gasteiger charge is -2.35. The number of carbonyl (C=O) groups is 1. The molecule has 0 spiro atoms. The number of aliphatic imine (C=N–C) groups is 1. The fraction of sp³-hybridized carbons (Fsp3) is 0.636. The highest BCUT2D eigenvalue weighted by Gasteiger charge is 2.27. The van der Waals surface area contributed by atoms with Gasteiger partial charge in [-0.3, -0.25) is 14.7 Å². The van der Waals surface area contributed by atoms with Crippen molar-refractivity contribution in [1.82, 2.24) is 20.4 Å². The number of ether oxygens (including phenoxy) is 1. The van der Waals surface area contributed by atoms with E-state index in [2.05, 4.69) is 51.7 Å². The number of likely N-dealkylation sites (tertiary alicyclic amines) is 1. The van der Waals surface area contributed by atoms with Crippen molar-refractivity contribution in [1.29, 1.82) is 0 Å². The monoisotopic (exact) mass is 401 g/mol. The Morgan fingerprint density at radius 1 is 1.24 bits per heavy atom. The van der Waals surface area contributed by atoms with Crippen molar-refractivity contribution in [3.63, 3.8) is 0 Å². The molecule has 1 aromatic carbocycles. The Kier molecular flexibility index (Phi) is 7.89. The lowest BCUT2D eigenvalue weighted by molar-refractivity contribution is -0.129. The third-order valence-corrected chi connectivity index (χ3v) is 5.82. The first-order valence-corrected chi connectivity index (χ1v) is 10.7. The minimum absolute atomic E-state index is 0.226. The second kappa shape index (κ2) is 10.6. The lowest BCUT2D eigenvalue weighted by Crippen LogP contribution is -2.49. The number of carbonyl (C=O) groups excluding carboxylic acids is 1. The van der Waals surface area contributed by atoms with Gasteiger partial charge < -0.3 is 20.3 Å². The van der Waals surface area contributed by atoms with Crippen molar-refractivity contribution in [3.05, 3.63) is 35.4 Å². The SMILES string of the molecule is CCC(=O)N1CCC(NC(=NC)NCC(c2ccc(C)cc2)N2CCOCC2)C1. The molecule has 1 amide bonds. The first kappa shape index (κ1) is 21.6. The lowest BCUT2D eigenvalue weighted by atomic mass is 10.0. The van der Waals surface area contributed by atoms with E-state index in [1.807, 2.05) is 11.8 Å². The maximum absolute atomic E-state index is 11.9. The van der Waals surface area contributed by atoms with E-state index < -0.39 is 0 Å². The minimum Gasteiger partial charge on any atom is -0.379 e. The molecule has 29 heavy (non-hydrogen) atoms. The summed E-state index contributed by atoms with van der Waals surface area (Å²) < 4.78 is 5.55. The molecule has 2 unspecified atom stereocenters. The van der Waals surface area contributed by atoms with E-state index in [9.17, 15) is 4.79 Å². The number of guanidine groups is 1. The summed E-state index contributed by atoms with van der Waals surface area (Å²) in [6.45, 7) is 9.79. The van der Waals surface area contributed by atoms with Crippen LogP contribution >= 0.6 is 0 Å². The van der Waals surface area contributed by atoms with Gasteiger partial charge in [-0.1, -0.05) is 36.8 Å². The molecular formula is C22H35N5O2. The van der Waals surface area contributed by atoms with E-state index in [1.165, 1.54) is 11.1 Å². The van der Waals surface area contributed by atoms with Gasteiger partial charge in [-0.2, -0.15) is 0 Å². The minimum atomic E-state index is 0.226. The van der Waals surface area contributed by atoms with Crippen LogP contribution in [0.4, 0.5) is 0 Å². The molecule has 0 radical (unpaired) electrons. The number of rotatable bonds is 6. The zero-order valence-corrected chi connectivity index (χ0v) is 18.0. The fourth-order valence-corrected chi connectivity index (χ4v) is 4.05. The molecular weight excluding hydrogens is 366 g/mol. The molecule has 2 aliphatic heterocycles. The molecule has 2 saturated heterocycles. The zero-order chi connectivity index (χ0) is 20.6. The van der Waals surface area contributed by atoms with E-state index in [4.69, 9.17) is 4.74 Å². The van der Waals surface area contributed by atoms with Crippen molar-refractivity contribution in [2.24, 2.45) is 4.99 Å². The van der Waals surface area contributed by atoms with Crippen molar-refractivity contribution in [2.75, 3.05) is 53.0 Å². The van der Waals surface area contributed by atoms with Crippen molar-refractivity contribution < 1.29 is 9.53 Å². The summed E-state index contributed by atoms with van der Waals surface area (Å²) in [5.41, 5.74) is 2.58. The Balaban J connectivity index is 1.60. The highest BCUT2D eigenvalue weighted by Crippen LogP contribution is 2.22. The van der Waals surface area contributed by atoms with Crippen LogP contribution in [0.25, 0.3) is 0 Å². The molecule has 2 heterocycles. The van der Waals surface area contributed by atoms with Gasteiger partial charge in [0.2, 0.25) is 5.91 Å². The number of amides is 1. The number of morpholine rings is 1. The molecule has 2 aliphatic rings. The fourth-order valence-electron chi connectivity index (χ4n) is 4.05. The highest BCUT2D eigenvalue weighted by atomic mass is 16.5. The molecule has 3 rings (SSSR count). The molecule has 160 valence electrons. The van der Waals surface area contributed by atoms with Crippen LogP contribution in [0.3, 0.4) is 0 Å².